The molecule has 0 aromatic carbocycles. The Labute approximate surface area is 108 Å². The van der Waals surface area contributed by atoms with E-state index in [4.69, 9.17) is 0 Å². The molecular formula is C13H21N5. The highest BCUT2D eigenvalue weighted by Crippen LogP contribution is 2.12. The summed E-state index contributed by atoms with van der Waals surface area (Å²) in [5.41, 5.74) is 2.20. The van der Waals surface area contributed by atoms with Crippen LogP contribution < -0.4 is 5.32 Å². The lowest BCUT2D eigenvalue weighted by Crippen LogP contribution is -2.08. The summed E-state index contributed by atoms with van der Waals surface area (Å²) < 4.78 is 3.89. The van der Waals surface area contributed by atoms with Gasteiger partial charge >= 0.3 is 0 Å². The smallest absolute Gasteiger partial charge is 0.148 e. The summed E-state index contributed by atoms with van der Waals surface area (Å²) in [6.45, 7) is 7.08. The van der Waals surface area contributed by atoms with E-state index in [1.54, 1.807) is 0 Å². The summed E-state index contributed by atoms with van der Waals surface area (Å²) in [5, 5.41) is 12.2. The fourth-order valence-corrected chi connectivity index (χ4v) is 1.88. The molecule has 0 bridgehead atoms. The molecule has 1 atom stereocenters. The average molecular weight is 247 g/mol. The molecule has 0 fully saturated rings. The van der Waals surface area contributed by atoms with Crippen LogP contribution in [0.15, 0.2) is 18.3 Å². The topological polar surface area (TPSA) is 47.7 Å². The number of anilines is 1. The molecule has 0 spiro atoms. The molecule has 2 aromatic rings. The van der Waals surface area contributed by atoms with Crippen LogP contribution in [0.25, 0.3) is 0 Å². The quantitative estimate of drug-likeness (QED) is 0.883. The van der Waals surface area contributed by atoms with Gasteiger partial charge in [0.2, 0.25) is 0 Å². The van der Waals surface area contributed by atoms with E-state index in [0.29, 0.717) is 6.04 Å². The van der Waals surface area contributed by atoms with Gasteiger partial charge in [-0.2, -0.15) is 10.2 Å². The molecule has 0 amide bonds. The van der Waals surface area contributed by atoms with Gasteiger partial charge in [0, 0.05) is 25.4 Å². The Kier molecular flexibility index (Phi) is 3.69. The van der Waals surface area contributed by atoms with Crippen molar-refractivity contribution in [2.45, 2.75) is 39.8 Å². The number of hydrogen-bond donors (Lipinski definition) is 1. The normalized spacial score (nSPS) is 12.7. The van der Waals surface area contributed by atoms with Crippen molar-refractivity contribution >= 4 is 5.82 Å². The molecule has 1 N–H and O–H groups in total. The Bertz CT molecular complexity index is 511. The Morgan fingerprint density at radius 2 is 2.17 bits per heavy atom. The first-order valence-electron chi connectivity index (χ1n) is 6.38. The number of nitrogens with one attached hydrogen (secondary N) is 1. The molecule has 0 radical (unpaired) electrons. The number of aromatic nitrogens is 4. The molecule has 0 saturated carbocycles. The van der Waals surface area contributed by atoms with E-state index >= 15 is 0 Å². The van der Waals surface area contributed by atoms with Gasteiger partial charge in [-0.3, -0.25) is 9.36 Å². The van der Waals surface area contributed by atoms with Crippen molar-refractivity contribution in [1.29, 1.82) is 0 Å². The van der Waals surface area contributed by atoms with Crippen molar-refractivity contribution in [3.8, 4) is 0 Å². The predicted molar refractivity (Wildman–Crippen MR) is 72.5 cm³/mol. The summed E-state index contributed by atoms with van der Waals surface area (Å²) in [5.74, 6) is 0.911. The highest BCUT2D eigenvalue weighted by Gasteiger charge is 2.06. The van der Waals surface area contributed by atoms with Crippen LogP contribution in [0.4, 0.5) is 5.82 Å². The zero-order valence-electron chi connectivity index (χ0n) is 11.5. The lowest BCUT2D eigenvalue weighted by Gasteiger charge is -2.08. The van der Waals surface area contributed by atoms with Crippen LogP contribution in [0.3, 0.4) is 0 Å². The maximum Gasteiger partial charge on any atom is 0.148 e. The molecule has 5 heteroatoms. The van der Waals surface area contributed by atoms with E-state index in [9.17, 15) is 0 Å². The summed E-state index contributed by atoms with van der Waals surface area (Å²) in [4.78, 5) is 0. The first-order chi connectivity index (χ1) is 8.60. The second kappa shape index (κ2) is 5.25. The van der Waals surface area contributed by atoms with E-state index in [0.717, 1.165) is 30.2 Å². The third-order valence-corrected chi connectivity index (χ3v) is 3.20. The minimum atomic E-state index is 0.444. The molecular weight excluding hydrogens is 226 g/mol. The van der Waals surface area contributed by atoms with Crippen LogP contribution in [-0.4, -0.2) is 19.6 Å². The monoisotopic (exact) mass is 247 g/mol. The first-order valence-corrected chi connectivity index (χ1v) is 6.38. The third-order valence-electron chi connectivity index (χ3n) is 3.20. The van der Waals surface area contributed by atoms with Crippen molar-refractivity contribution < 1.29 is 0 Å². The average Bonchev–Trinajstić information content (AvgIpc) is 2.92. The van der Waals surface area contributed by atoms with Gasteiger partial charge in [0.15, 0.2) is 0 Å². The SMILES string of the molecule is CC[C@@H](C)n1ccc(NCc2cc(C)nn2C)n1. The Balaban J connectivity index is 1.98. The lowest BCUT2D eigenvalue weighted by atomic mass is 10.3. The van der Waals surface area contributed by atoms with Crippen LogP contribution in [0.5, 0.6) is 0 Å². The van der Waals surface area contributed by atoms with Crippen LogP contribution in [0.1, 0.15) is 37.7 Å². The second-order valence-corrected chi connectivity index (χ2v) is 4.69. The summed E-state index contributed by atoms with van der Waals surface area (Å²) in [7, 11) is 1.96. The highest BCUT2D eigenvalue weighted by atomic mass is 15.3. The van der Waals surface area contributed by atoms with E-state index in [2.05, 4.69) is 35.4 Å². The summed E-state index contributed by atoms with van der Waals surface area (Å²) in [6.07, 6.45) is 3.10. The van der Waals surface area contributed by atoms with Crippen LogP contribution in [-0.2, 0) is 13.6 Å². The largest absolute Gasteiger partial charge is 0.363 e. The van der Waals surface area contributed by atoms with Gasteiger partial charge in [0.1, 0.15) is 5.82 Å². The van der Waals surface area contributed by atoms with Crippen LogP contribution in [0.2, 0.25) is 0 Å². The van der Waals surface area contributed by atoms with Gasteiger partial charge in [-0.1, -0.05) is 6.92 Å². The Morgan fingerprint density at radius 1 is 1.39 bits per heavy atom. The van der Waals surface area contributed by atoms with Gasteiger partial charge in [0.05, 0.1) is 17.9 Å². The molecule has 0 saturated heterocycles. The maximum atomic E-state index is 4.51. The van der Waals surface area contributed by atoms with Gasteiger partial charge in [0.25, 0.3) is 0 Å². The van der Waals surface area contributed by atoms with Gasteiger partial charge in [-0.05, 0) is 26.3 Å². The molecule has 5 nitrogen and oxygen atoms in total. The summed E-state index contributed by atoms with van der Waals surface area (Å²) >= 11 is 0. The standard InChI is InChI=1S/C13H21N5/c1-5-11(3)18-7-6-13(16-18)14-9-12-8-10(2)15-17(12)4/h6-8,11H,5,9H2,1-4H3,(H,14,16)/t11-/m1/s1. The number of rotatable bonds is 5. The van der Waals surface area contributed by atoms with E-state index < -0.39 is 0 Å². The molecule has 18 heavy (non-hydrogen) atoms. The van der Waals surface area contributed by atoms with Crippen molar-refractivity contribution in [3.63, 3.8) is 0 Å². The van der Waals surface area contributed by atoms with E-state index in [1.807, 2.05) is 35.6 Å². The van der Waals surface area contributed by atoms with Crippen LogP contribution in [0, 0.1) is 6.92 Å². The molecule has 0 unspecified atom stereocenters. The zero-order chi connectivity index (χ0) is 13.1. The molecule has 98 valence electrons. The predicted octanol–water partition coefficient (Wildman–Crippen LogP) is 2.51. The fourth-order valence-electron chi connectivity index (χ4n) is 1.88. The van der Waals surface area contributed by atoms with Crippen molar-refractivity contribution in [2.75, 3.05) is 5.32 Å². The molecule has 0 aliphatic rings. The number of nitrogens with zero attached hydrogens (tertiary/aromatic N) is 4. The number of aryl methyl sites for hydroxylation is 2. The Morgan fingerprint density at radius 3 is 2.78 bits per heavy atom. The molecule has 0 aliphatic heterocycles. The highest BCUT2D eigenvalue weighted by molar-refractivity contribution is 5.33. The minimum absolute atomic E-state index is 0.444. The van der Waals surface area contributed by atoms with Crippen molar-refractivity contribution in [2.24, 2.45) is 7.05 Å². The fraction of sp³-hybridized carbons (Fsp3) is 0.538. The van der Waals surface area contributed by atoms with Gasteiger partial charge in [-0.15, -0.1) is 0 Å². The molecule has 2 heterocycles. The first kappa shape index (κ1) is 12.7. The maximum absolute atomic E-state index is 4.51. The Hall–Kier alpha value is -1.78. The second-order valence-electron chi connectivity index (χ2n) is 4.69. The lowest BCUT2D eigenvalue weighted by molar-refractivity contribution is 0.479. The molecule has 2 rings (SSSR count). The van der Waals surface area contributed by atoms with Gasteiger partial charge in [-0.25, -0.2) is 0 Å². The zero-order valence-corrected chi connectivity index (χ0v) is 11.5. The minimum Gasteiger partial charge on any atom is -0.363 e. The third kappa shape index (κ3) is 2.72. The van der Waals surface area contributed by atoms with Crippen molar-refractivity contribution in [1.82, 2.24) is 19.6 Å². The van der Waals surface area contributed by atoms with E-state index in [1.165, 1.54) is 0 Å². The molecule has 2 aromatic heterocycles. The van der Waals surface area contributed by atoms with E-state index in [-0.39, 0.29) is 0 Å². The van der Waals surface area contributed by atoms with Gasteiger partial charge < -0.3 is 5.32 Å². The van der Waals surface area contributed by atoms with Crippen LogP contribution >= 0.6 is 0 Å². The van der Waals surface area contributed by atoms with Crippen molar-refractivity contribution in [3.05, 3.63) is 29.7 Å². The number of hydrogen-bond acceptors (Lipinski definition) is 3. The molecule has 0 aliphatic carbocycles. The summed E-state index contributed by atoms with van der Waals surface area (Å²) in [6, 6.07) is 4.54.